The molecule has 0 fully saturated rings. The minimum Gasteiger partial charge on any atom is -0.331 e. The number of aromatic nitrogens is 1. The highest BCUT2D eigenvalue weighted by Gasteiger charge is 2.25. The summed E-state index contributed by atoms with van der Waals surface area (Å²) in [4.78, 5) is 0. The predicted molar refractivity (Wildman–Crippen MR) is 79.6 cm³/mol. The van der Waals surface area contributed by atoms with Crippen LogP contribution in [-0.4, -0.2) is 4.57 Å². The Kier molecular flexibility index (Phi) is 2.86. The Morgan fingerprint density at radius 3 is 2.62 bits per heavy atom. The van der Waals surface area contributed by atoms with Gasteiger partial charge in [-0.3, -0.25) is 0 Å². The lowest BCUT2D eigenvalue weighted by atomic mass is 10.0. The minimum atomic E-state index is -0.189. The van der Waals surface area contributed by atoms with Crippen molar-refractivity contribution in [1.29, 1.82) is 0 Å². The number of benzene rings is 2. The third kappa shape index (κ3) is 2.06. The maximum Gasteiger partial charge on any atom is 0.153 e. The van der Waals surface area contributed by atoms with Crippen molar-refractivity contribution in [1.82, 2.24) is 4.57 Å². The van der Waals surface area contributed by atoms with Gasteiger partial charge in [-0.2, -0.15) is 0 Å². The quantitative estimate of drug-likeness (QED) is 0.707. The Morgan fingerprint density at radius 1 is 0.952 bits per heavy atom. The first-order chi connectivity index (χ1) is 10.3. The molecule has 3 aromatic rings. The molecule has 1 aliphatic rings. The molecule has 0 saturated carbocycles. The summed E-state index contributed by atoms with van der Waals surface area (Å²) in [5.74, 6) is -0.189. The Balaban J connectivity index is 1.85. The molecule has 2 nitrogen and oxygen atoms in total. The second-order valence-corrected chi connectivity index (χ2v) is 5.40. The molecule has 0 saturated heterocycles. The molecule has 0 bridgehead atoms. The third-order valence-corrected chi connectivity index (χ3v) is 4.15. The largest absolute Gasteiger partial charge is 0.331 e. The topological polar surface area (TPSA) is 21.5 Å². The molecule has 0 unspecified atom stereocenters. The summed E-state index contributed by atoms with van der Waals surface area (Å²) in [6, 6.07) is 19.7. The van der Waals surface area contributed by atoms with Gasteiger partial charge in [0, 0.05) is 17.3 Å². The van der Waals surface area contributed by atoms with Crippen LogP contribution in [-0.2, 0) is 6.54 Å². The SMILES string of the molecule is Fc1ccc([C@H]2[NH2+]Cc3ccccc3-n3cccc32)cc1. The third-order valence-electron chi connectivity index (χ3n) is 4.15. The van der Waals surface area contributed by atoms with Crippen molar-refractivity contribution in [3.8, 4) is 5.69 Å². The van der Waals surface area contributed by atoms with Crippen molar-refractivity contribution in [3.05, 3.63) is 89.5 Å². The van der Waals surface area contributed by atoms with Crippen molar-refractivity contribution < 1.29 is 9.71 Å². The van der Waals surface area contributed by atoms with Gasteiger partial charge in [0.15, 0.2) is 6.04 Å². The number of halogens is 1. The molecule has 1 aromatic heterocycles. The normalized spacial score (nSPS) is 16.9. The first-order valence-corrected chi connectivity index (χ1v) is 7.17. The fraction of sp³-hybridized carbons (Fsp3) is 0.111. The van der Waals surface area contributed by atoms with Crippen LogP contribution >= 0.6 is 0 Å². The van der Waals surface area contributed by atoms with Crippen molar-refractivity contribution in [2.24, 2.45) is 0 Å². The molecule has 21 heavy (non-hydrogen) atoms. The number of rotatable bonds is 1. The van der Waals surface area contributed by atoms with Gasteiger partial charge in [0.1, 0.15) is 12.4 Å². The number of fused-ring (bicyclic) bond motifs is 3. The van der Waals surface area contributed by atoms with Crippen molar-refractivity contribution in [2.45, 2.75) is 12.6 Å². The molecule has 2 heterocycles. The van der Waals surface area contributed by atoms with Crippen LogP contribution in [0.25, 0.3) is 5.69 Å². The second-order valence-electron chi connectivity index (χ2n) is 5.40. The van der Waals surface area contributed by atoms with Gasteiger partial charge in [-0.15, -0.1) is 0 Å². The van der Waals surface area contributed by atoms with E-state index in [9.17, 15) is 4.39 Å². The molecular formula is C18H16FN2+. The van der Waals surface area contributed by atoms with E-state index in [4.69, 9.17) is 0 Å². The molecule has 4 rings (SSSR count). The summed E-state index contributed by atoms with van der Waals surface area (Å²) in [6.07, 6.45) is 2.10. The zero-order valence-electron chi connectivity index (χ0n) is 11.5. The predicted octanol–water partition coefficient (Wildman–Crippen LogP) is 2.78. The van der Waals surface area contributed by atoms with E-state index >= 15 is 0 Å². The van der Waals surface area contributed by atoms with Crippen LogP contribution in [0.15, 0.2) is 66.9 Å². The number of para-hydroxylation sites is 1. The van der Waals surface area contributed by atoms with E-state index in [1.54, 1.807) is 0 Å². The zero-order chi connectivity index (χ0) is 14.2. The molecule has 2 aromatic carbocycles. The average molecular weight is 279 g/mol. The molecule has 0 radical (unpaired) electrons. The second kappa shape index (κ2) is 4.86. The van der Waals surface area contributed by atoms with Gasteiger partial charge in [-0.25, -0.2) is 4.39 Å². The Bertz CT molecular complexity index is 774. The Labute approximate surface area is 122 Å². The summed E-state index contributed by atoms with van der Waals surface area (Å²) in [5, 5.41) is 2.31. The first-order valence-electron chi connectivity index (χ1n) is 7.17. The maximum absolute atomic E-state index is 13.2. The van der Waals surface area contributed by atoms with Crippen LogP contribution in [0.3, 0.4) is 0 Å². The molecular weight excluding hydrogens is 263 g/mol. The highest BCUT2D eigenvalue weighted by Crippen LogP contribution is 2.26. The first kappa shape index (κ1) is 12.4. The van der Waals surface area contributed by atoms with Crippen LogP contribution in [0.4, 0.5) is 4.39 Å². The molecule has 104 valence electrons. The number of quaternary nitrogens is 1. The van der Waals surface area contributed by atoms with Crippen molar-refractivity contribution >= 4 is 0 Å². The highest BCUT2D eigenvalue weighted by molar-refractivity contribution is 5.45. The maximum atomic E-state index is 13.2. The fourth-order valence-corrected chi connectivity index (χ4v) is 3.13. The molecule has 2 N–H and O–H groups in total. The summed E-state index contributed by atoms with van der Waals surface area (Å²) in [6.45, 7) is 0.917. The van der Waals surface area contributed by atoms with Crippen LogP contribution in [0.1, 0.15) is 22.9 Å². The van der Waals surface area contributed by atoms with Crippen LogP contribution in [0, 0.1) is 5.82 Å². The molecule has 3 heteroatoms. The summed E-state index contributed by atoms with van der Waals surface area (Å²) in [5.41, 5.74) is 4.91. The van der Waals surface area contributed by atoms with Crippen molar-refractivity contribution in [3.63, 3.8) is 0 Å². The van der Waals surface area contributed by atoms with Gasteiger partial charge in [0.05, 0.1) is 11.4 Å². The molecule has 0 spiro atoms. The van der Waals surface area contributed by atoms with Gasteiger partial charge in [-0.05, 0) is 42.5 Å². The smallest absolute Gasteiger partial charge is 0.153 e. The van der Waals surface area contributed by atoms with Crippen LogP contribution in [0.5, 0.6) is 0 Å². The van der Waals surface area contributed by atoms with Crippen LogP contribution in [0.2, 0.25) is 0 Å². The lowest BCUT2D eigenvalue weighted by Crippen LogP contribution is -2.83. The number of hydrogen-bond donors (Lipinski definition) is 1. The number of nitrogens with two attached hydrogens (primary N) is 1. The lowest BCUT2D eigenvalue weighted by molar-refractivity contribution is -0.702. The van der Waals surface area contributed by atoms with Gasteiger partial charge >= 0.3 is 0 Å². The molecule has 1 atom stereocenters. The van der Waals surface area contributed by atoms with E-state index in [0.29, 0.717) is 0 Å². The van der Waals surface area contributed by atoms with E-state index in [1.807, 2.05) is 12.1 Å². The number of nitrogens with zero attached hydrogens (tertiary/aromatic N) is 1. The van der Waals surface area contributed by atoms with E-state index in [2.05, 4.69) is 52.5 Å². The highest BCUT2D eigenvalue weighted by atomic mass is 19.1. The van der Waals surface area contributed by atoms with Crippen molar-refractivity contribution in [2.75, 3.05) is 0 Å². The minimum absolute atomic E-state index is 0.188. The van der Waals surface area contributed by atoms with E-state index in [0.717, 1.165) is 12.1 Å². The monoisotopic (exact) mass is 279 g/mol. The van der Waals surface area contributed by atoms with E-state index < -0.39 is 0 Å². The molecule has 1 aliphatic heterocycles. The van der Waals surface area contributed by atoms with Gasteiger partial charge < -0.3 is 9.88 Å². The lowest BCUT2D eigenvalue weighted by Gasteiger charge is -2.14. The van der Waals surface area contributed by atoms with E-state index in [-0.39, 0.29) is 11.9 Å². The van der Waals surface area contributed by atoms with E-state index in [1.165, 1.54) is 29.1 Å². The number of hydrogen-bond acceptors (Lipinski definition) is 0. The zero-order valence-corrected chi connectivity index (χ0v) is 11.5. The van der Waals surface area contributed by atoms with Gasteiger partial charge in [0.2, 0.25) is 0 Å². The fourth-order valence-electron chi connectivity index (χ4n) is 3.13. The molecule has 0 amide bonds. The Hall–Kier alpha value is -2.39. The summed E-state index contributed by atoms with van der Waals surface area (Å²) >= 11 is 0. The molecule has 0 aliphatic carbocycles. The standard InChI is InChI=1S/C18H15FN2/c19-15-9-7-13(8-10-15)18-17-6-3-11-21(17)16-5-2-1-4-14(16)12-20-18/h1-11,18,20H,12H2/p+1/t18-/m1/s1. The van der Waals surface area contributed by atoms with Crippen LogP contribution < -0.4 is 5.32 Å². The van der Waals surface area contributed by atoms with Gasteiger partial charge in [0.25, 0.3) is 0 Å². The summed E-state index contributed by atoms with van der Waals surface area (Å²) in [7, 11) is 0. The summed E-state index contributed by atoms with van der Waals surface area (Å²) < 4.78 is 15.4. The average Bonchev–Trinajstić information content (AvgIpc) is 2.93. The Morgan fingerprint density at radius 2 is 1.76 bits per heavy atom. The van der Waals surface area contributed by atoms with Gasteiger partial charge in [-0.1, -0.05) is 18.2 Å².